The minimum atomic E-state index is -3.69. The van der Waals surface area contributed by atoms with Crippen LogP contribution in [0.4, 0.5) is 0 Å². The number of nitrogens with one attached hydrogen (secondary N) is 1. The highest BCUT2D eigenvalue weighted by atomic mass is 32.2. The molecule has 2 aromatic carbocycles. The van der Waals surface area contributed by atoms with Gasteiger partial charge in [0.05, 0.1) is 4.90 Å². The molecule has 0 aliphatic carbocycles. The van der Waals surface area contributed by atoms with Crippen molar-refractivity contribution >= 4 is 21.8 Å². The van der Waals surface area contributed by atoms with Gasteiger partial charge in [-0.05, 0) is 43.7 Å². The Hall–Kier alpha value is -2.71. The van der Waals surface area contributed by atoms with Gasteiger partial charge in [0.25, 0.3) is 5.91 Å². The fourth-order valence-electron chi connectivity index (χ4n) is 3.29. The van der Waals surface area contributed by atoms with Gasteiger partial charge in [-0.1, -0.05) is 30.3 Å². The Morgan fingerprint density at radius 1 is 1.10 bits per heavy atom. The second-order valence-electron chi connectivity index (χ2n) is 7.54. The molecule has 3 rings (SSSR count). The van der Waals surface area contributed by atoms with Gasteiger partial charge < -0.3 is 10.2 Å². The van der Waals surface area contributed by atoms with E-state index in [-0.39, 0.29) is 23.3 Å². The second kappa shape index (κ2) is 7.96. The van der Waals surface area contributed by atoms with Crippen molar-refractivity contribution < 1.29 is 18.0 Å². The molecular formula is C21H25N3O4S. The standard InChI is InChI=1S/C21H25N3O4S/c1-21(2)20(26)22-13-14-24(21)19(25)17-9-11-18(12-10-17)29(27,28)23(3)15-16-7-5-4-6-8-16/h4-12H,13-15H2,1-3H3,(H,22,26). The van der Waals surface area contributed by atoms with E-state index >= 15 is 0 Å². The highest BCUT2D eigenvalue weighted by molar-refractivity contribution is 7.89. The first-order chi connectivity index (χ1) is 13.6. The van der Waals surface area contributed by atoms with E-state index in [9.17, 15) is 18.0 Å². The Kier molecular flexibility index (Phi) is 5.77. The lowest BCUT2D eigenvalue weighted by Gasteiger charge is -2.41. The number of sulfonamides is 1. The maximum Gasteiger partial charge on any atom is 0.254 e. The first kappa shape index (κ1) is 21.0. The van der Waals surface area contributed by atoms with Crippen LogP contribution in [0.3, 0.4) is 0 Å². The van der Waals surface area contributed by atoms with E-state index in [1.54, 1.807) is 13.8 Å². The van der Waals surface area contributed by atoms with Crippen LogP contribution in [0.2, 0.25) is 0 Å². The Morgan fingerprint density at radius 3 is 2.34 bits per heavy atom. The molecule has 0 aromatic heterocycles. The molecule has 0 saturated carbocycles. The first-order valence-corrected chi connectivity index (χ1v) is 10.8. The van der Waals surface area contributed by atoms with E-state index in [1.165, 1.54) is 40.5 Å². The zero-order valence-electron chi connectivity index (χ0n) is 16.8. The summed E-state index contributed by atoms with van der Waals surface area (Å²) in [6.07, 6.45) is 0. The summed E-state index contributed by atoms with van der Waals surface area (Å²) in [4.78, 5) is 26.6. The molecule has 1 N–H and O–H groups in total. The van der Waals surface area contributed by atoms with Crippen LogP contribution < -0.4 is 5.32 Å². The molecule has 0 radical (unpaired) electrons. The van der Waals surface area contributed by atoms with Crippen LogP contribution in [0, 0.1) is 0 Å². The Balaban J connectivity index is 1.78. The normalized spacial score (nSPS) is 16.6. The van der Waals surface area contributed by atoms with Gasteiger partial charge >= 0.3 is 0 Å². The van der Waals surface area contributed by atoms with Gasteiger partial charge in [0.15, 0.2) is 0 Å². The highest BCUT2D eigenvalue weighted by Crippen LogP contribution is 2.22. The molecule has 1 aliphatic heterocycles. The number of hydrogen-bond acceptors (Lipinski definition) is 4. The number of piperazine rings is 1. The van der Waals surface area contributed by atoms with Crippen LogP contribution in [0.25, 0.3) is 0 Å². The van der Waals surface area contributed by atoms with Crippen molar-refractivity contribution in [2.75, 3.05) is 20.1 Å². The minimum absolute atomic E-state index is 0.114. The van der Waals surface area contributed by atoms with E-state index in [4.69, 9.17) is 0 Å². The highest BCUT2D eigenvalue weighted by Gasteiger charge is 2.40. The number of rotatable bonds is 5. The maximum absolute atomic E-state index is 12.9. The number of benzene rings is 2. The summed E-state index contributed by atoms with van der Waals surface area (Å²) in [6.45, 7) is 4.43. The van der Waals surface area contributed by atoms with Crippen LogP contribution in [0.5, 0.6) is 0 Å². The lowest BCUT2D eigenvalue weighted by molar-refractivity contribution is -0.133. The van der Waals surface area contributed by atoms with Crippen LogP contribution in [0.1, 0.15) is 29.8 Å². The molecule has 0 bridgehead atoms. The van der Waals surface area contributed by atoms with Crippen molar-refractivity contribution in [1.29, 1.82) is 0 Å². The van der Waals surface area contributed by atoms with E-state index in [0.29, 0.717) is 18.7 Å². The molecule has 1 fully saturated rings. The molecule has 29 heavy (non-hydrogen) atoms. The van der Waals surface area contributed by atoms with Gasteiger partial charge in [0.1, 0.15) is 5.54 Å². The molecule has 0 unspecified atom stereocenters. The summed E-state index contributed by atoms with van der Waals surface area (Å²) in [5, 5.41) is 2.75. The predicted molar refractivity (Wildman–Crippen MR) is 110 cm³/mol. The number of hydrogen-bond donors (Lipinski definition) is 1. The summed E-state index contributed by atoms with van der Waals surface area (Å²) in [7, 11) is -2.17. The molecule has 8 heteroatoms. The first-order valence-electron chi connectivity index (χ1n) is 9.34. The fraction of sp³-hybridized carbons (Fsp3) is 0.333. The summed E-state index contributed by atoms with van der Waals surface area (Å²) in [5.74, 6) is -0.509. The lowest BCUT2D eigenvalue weighted by Crippen LogP contribution is -2.63. The van der Waals surface area contributed by atoms with Gasteiger partial charge in [0, 0.05) is 32.2 Å². The van der Waals surface area contributed by atoms with E-state index < -0.39 is 15.6 Å². The summed E-state index contributed by atoms with van der Waals surface area (Å²) < 4.78 is 27.0. The van der Waals surface area contributed by atoms with E-state index in [0.717, 1.165) is 5.56 Å². The average molecular weight is 416 g/mol. The Morgan fingerprint density at radius 2 is 1.72 bits per heavy atom. The minimum Gasteiger partial charge on any atom is -0.352 e. The molecule has 0 atom stereocenters. The van der Waals surface area contributed by atoms with Crippen molar-refractivity contribution in [2.45, 2.75) is 30.8 Å². The van der Waals surface area contributed by atoms with Crippen molar-refractivity contribution in [3.8, 4) is 0 Å². The molecular weight excluding hydrogens is 390 g/mol. The van der Waals surface area contributed by atoms with Crippen LogP contribution >= 0.6 is 0 Å². The third-order valence-corrected chi connectivity index (χ3v) is 6.97. The van der Waals surface area contributed by atoms with Crippen molar-refractivity contribution in [1.82, 2.24) is 14.5 Å². The SMILES string of the molecule is CN(Cc1ccccc1)S(=O)(=O)c1ccc(C(=O)N2CCNC(=O)C2(C)C)cc1. The number of nitrogens with zero attached hydrogens (tertiary/aromatic N) is 2. The largest absolute Gasteiger partial charge is 0.352 e. The van der Waals surface area contributed by atoms with Gasteiger partial charge in [-0.15, -0.1) is 0 Å². The molecule has 0 spiro atoms. The van der Waals surface area contributed by atoms with Crippen molar-refractivity contribution in [2.24, 2.45) is 0 Å². The van der Waals surface area contributed by atoms with E-state index in [2.05, 4.69) is 5.32 Å². The fourth-order valence-corrected chi connectivity index (χ4v) is 4.44. The molecule has 1 heterocycles. The van der Waals surface area contributed by atoms with Gasteiger partial charge in [-0.2, -0.15) is 4.31 Å². The van der Waals surface area contributed by atoms with Gasteiger partial charge in [-0.3, -0.25) is 9.59 Å². The third kappa shape index (κ3) is 4.18. The van der Waals surface area contributed by atoms with Gasteiger partial charge in [0.2, 0.25) is 15.9 Å². The summed E-state index contributed by atoms with van der Waals surface area (Å²) in [5.41, 5.74) is 0.268. The number of carbonyl (C=O) groups excluding carboxylic acids is 2. The molecule has 2 aromatic rings. The second-order valence-corrected chi connectivity index (χ2v) is 9.59. The summed E-state index contributed by atoms with van der Waals surface area (Å²) in [6, 6.07) is 15.2. The maximum atomic E-state index is 12.9. The Bertz CT molecular complexity index is 1000. The number of carbonyl (C=O) groups is 2. The molecule has 2 amide bonds. The average Bonchev–Trinajstić information content (AvgIpc) is 2.70. The topological polar surface area (TPSA) is 86.8 Å². The smallest absolute Gasteiger partial charge is 0.254 e. The Labute approximate surface area is 171 Å². The lowest BCUT2D eigenvalue weighted by atomic mass is 9.97. The summed E-state index contributed by atoms with van der Waals surface area (Å²) >= 11 is 0. The van der Waals surface area contributed by atoms with Crippen LogP contribution in [-0.4, -0.2) is 55.1 Å². The van der Waals surface area contributed by atoms with Crippen LogP contribution in [0.15, 0.2) is 59.5 Å². The third-order valence-electron chi connectivity index (χ3n) is 5.15. The van der Waals surface area contributed by atoms with Gasteiger partial charge in [-0.25, -0.2) is 8.42 Å². The predicted octanol–water partition coefficient (Wildman–Crippen LogP) is 1.86. The zero-order valence-corrected chi connectivity index (χ0v) is 17.6. The monoisotopic (exact) mass is 415 g/mol. The quantitative estimate of drug-likeness (QED) is 0.808. The zero-order chi connectivity index (χ0) is 21.2. The molecule has 1 aliphatic rings. The van der Waals surface area contributed by atoms with Crippen LogP contribution in [-0.2, 0) is 21.4 Å². The van der Waals surface area contributed by atoms with Crippen molar-refractivity contribution in [3.05, 3.63) is 65.7 Å². The molecule has 7 nitrogen and oxygen atoms in total. The molecule has 154 valence electrons. The van der Waals surface area contributed by atoms with E-state index in [1.807, 2.05) is 30.3 Å². The van der Waals surface area contributed by atoms with Crippen molar-refractivity contribution in [3.63, 3.8) is 0 Å². The number of amides is 2. The molecule has 1 saturated heterocycles.